The van der Waals surface area contributed by atoms with E-state index >= 15 is 0 Å². The third-order valence-corrected chi connectivity index (χ3v) is 5.00. The lowest BCUT2D eigenvalue weighted by Gasteiger charge is -2.39. The number of rotatable bonds is 4. The molecule has 0 aromatic heterocycles. The Balaban J connectivity index is 2.03. The maximum Gasteiger partial charge on any atom is 0.0835 e. The van der Waals surface area contributed by atoms with Crippen molar-refractivity contribution < 1.29 is 5.11 Å². The molecule has 1 N–H and O–H groups in total. The lowest BCUT2D eigenvalue weighted by Crippen LogP contribution is -2.39. The van der Waals surface area contributed by atoms with Gasteiger partial charge in [-0.2, -0.15) is 5.26 Å². The lowest BCUT2D eigenvalue weighted by molar-refractivity contribution is 0.0208. The van der Waals surface area contributed by atoms with Gasteiger partial charge < -0.3 is 5.11 Å². The van der Waals surface area contributed by atoms with Gasteiger partial charge in [0, 0.05) is 0 Å². The first-order chi connectivity index (χ1) is 9.57. The Hall–Kier alpha value is -1.33. The van der Waals surface area contributed by atoms with E-state index in [1.807, 2.05) is 30.3 Å². The van der Waals surface area contributed by atoms with E-state index in [0.29, 0.717) is 18.3 Å². The first-order valence-electron chi connectivity index (χ1n) is 7.70. The molecular weight excluding hydrogens is 246 g/mol. The summed E-state index contributed by atoms with van der Waals surface area (Å²) in [7, 11) is 0. The third kappa shape index (κ3) is 3.22. The predicted octanol–water partition coefficient (Wildman–Crippen LogP) is 3.95. The van der Waals surface area contributed by atoms with Crippen LogP contribution in [0.2, 0.25) is 0 Å². The van der Waals surface area contributed by atoms with Gasteiger partial charge in [0.15, 0.2) is 0 Å². The minimum absolute atomic E-state index is 0.540. The molecule has 2 rings (SSSR count). The zero-order valence-corrected chi connectivity index (χ0v) is 12.5. The van der Waals surface area contributed by atoms with Gasteiger partial charge in [0.1, 0.15) is 0 Å². The minimum atomic E-state index is -0.553. The number of nitrogens with zero attached hydrogens (tertiary/aromatic N) is 1. The number of hydrogen-bond acceptors (Lipinski definition) is 2. The van der Waals surface area contributed by atoms with Gasteiger partial charge in [-0.15, -0.1) is 0 Å². The fourth-order valence-corrected chi connectivity index (χ4v) is 3.37. The van der Waals surface area contributed by atoms with Gasteiger partial charge in [0.05, 0.1) is 17.6 Å². The number of aliphatic hydroxyl groups is 1. The maximum atomic E-state index is 10.6. The summed E-state index contributed by atoms with van der Waals surface area (Å²) in [5.74, 6) is 1.39. The van der Waals surface area contributed by atoms with E-state index < -0.39 is 11.5 Å². The van der Waals surface area contributed by atoms with Crippen molar-refractivity contribution in [2.24, 2.45) is 17.3 Å². The summed E-state index contributed by atoms with van der Waals surface area (Å²) in [5.41, 5.74) is 0.571. The largest absolute Gasteiger partial charge is 0.391 e. The zero-order valence-electron chi connectivity index (χ0n) is 12.5. The molecule has 1 aliphatic rings. The van der Waals surface area contributed by atoms with Crippen LogP contribution in [0, 0.1) is 28.6 Å². The second kappa shape index (κ2) is 6.41. The van der Waals surface area contributed by atoms with Crippen LogP contribution in [-0.4, -0.2) is 11.2 Å². The molecule has 0 heterocycles. The van der Waals surface area contributed by atoms with Crippen molar-refractivity contribution in [1.82, 2.24) is 0 Å². The lowest BCUT2D eigenvalue weighted by atomic mass is 9.65. The molecule has 0 amide bonds. The molecule has 0 aliphatic heterocycles. The Morgan fingerprint density at radius 2 is 1.85 bits per heavy atom. The van der Waals surface area contributed by atoms with E-state index in [9.17, 15) is 10.4 Å². The summed E-state index contributed by atoms with van der Waals surface area (Å²) in [6.45, 7) is 4.51. The van der Waals surface area contributed by atoms with E-state index in [0.717, 1.165) is 31.2 Å². The Morgan fingerprint density at radius 1 is 1.25 bits per heavy atom. The fourth-order valence-electron chi connectivity index (χ4n) is 3.37. The average molecular weight is 271 g/mol. The number of hydrogen-bond donors (Lipinski definition) is 1. The standard InChI is InChI=1S/C18H25NO/c1-14(2)16-8-10-18(13-19,11-9-16)17(20)12-15-6-4-3-5-7-15/h3-7,14,16-17,20H,8-12H2,1-2H3. The SMILES string of the molecule is CC(C)C1CCC(C#N)(C(O)Cc2ccccc2)CC1. The topological polar surface area (TPSA) is 44.0 Å². The molecule has 1 aromatic rings. The highest BCUT2D eigenvalue weighted by Crippen LogP contribution is 2.44. The fraction of sp³-hybridized carbons (Fsp3) is 0.611. The maximum absolute atomic E-state index is 10.6. The van der Waals surface area contributed by atoms with Gasteiger partial charge in [-0.25, -0.2) is 0 Å². The van der Waals surface area contributed by atoms with Gasteiger partial charge in [-0.1, -0.05) is 44.2 Å². The highest BCUT2D eigenvalue weighted by atomic mass is 16.3. The van der Waals surface area contributed by atoms with Crippen LogP contribution in [0.5, 0.6) is 0 Å². The predicted molar refractivity (Wildman–Crippen MR) is 81.0 cm³/mol. The molecule has 1 aliphatic carbocycles. The van der Waals surface area contributed by atoms with Crippen LogP contribution in [0.3, 0.4) is 0 Å². The van der Waals surface area contributed by atoms with Crippen LogP contribution in [0.25, 0.3) is 0 Å². The van der Waals surface area contributed by atoms with Crippen LogP contribution < -0.4 is 0 Å². The molecule has 2 nitrogen and oxygen atoms in total. The number of benzene rings is 1. The van der Waals surface area contributed by atoms with E-state index in [2.05, 4.69) is 19.9 Å². The molecule has 108 valence electrons. The third-order valence-electron chi connectivity index (χ3n) is 5.00. The van der Waals surface area contributed by atoms with Crippen molar-refractivity contribution in [1.29, 1.82) is 5.26 Å². The molecule has 0 spiro atoms. The molecule has 0 saturated heterocycles. The van der Waals surface area contributed by atoms with Crippen LogP contribution in [0.4, 0.5) is 0 Å². The molecule has 1 aromatic carbocycles. The average Bonchev–Trinajstić information content (AvgIpc) is 2.48. The molecule has 0 radical (unpaired) electrons. The molecule has 1 unspecified atom stereocenters. The summed E-state index contributed by atoms with van der Waals surface area (Å²) in [6, 6.07) is 12.4. The van der Waals surface area contributed by atoms with Gasteiger partial charge >= 0.3 is 0 Å². The van der Waals surface area contributed by atoms with Crippen molar-refractivity contribution in [3.63, 3.8) is 0 Å². The number of aliphatic hydroxyl groups excluding tert-OH is 1. The van der Waals surface area contributed by atoms with Crippen molar-refractivity contribution in [3.8, 4) is 6.07 Å². The van der Waals surface area contributed by atoms with Gasteiger partial charge in [0.2, 0.25) is 0 Å². The van der Waals surface area contributed by atoms with Crippen molar-refractivity contribution >= 4 is 0 Å². The van der Waals surface area contributed by atoms with Crippen LogP contribution in [0.15, 0.2) is 30.3 Å². The van der Waals surface area contributed by atoms with Crippen molar-refractivity contribution in [2.75, 3.05) is 0 Å². The summed E-state index contributed by atoms with van der Waals surface area (Å²) in [4.78, 5) is 0. The zero-order chi connectivity index (χ0) is 14.6. The smallest absolute Gasteiger partial charge is 0.0835 e. The van der Waals surface area contributed by atoms with E-state index in [4.69, 9.17) is 0 Å². The van der Waals surface area contributed by atoms with Gasteiger partial charge in [-0.3, -0.25) is 0 Å². The monoisotopic (exact) mass is 271 g/mol. The van der Waals surface area contributed by atoms with Crippen LogP contribution in [-0.2, 0) is 6.42 Å². The summed E-state index contributed by atoms with van der Waals surface area (Å²) < 4.78 is 0. The Kier molecular flexibility index (Phi) is 4.83. The van der Waals surface area contributed by atoms with E-state index in [-0.39, 0.29) is 0 Å². The Labute approximate surface area is 122 Å². The second-order valence-corrected chi connectivity index (χ2v) is 6.55. The summed E-state index contributed by atoms with van der Waals surface area (Å²) >= 11 is 0. The Morgan fingerprint density at radius 3 is 2.35 bits per heavy atom. The molecular formula is C18H25NO. The number of nitriles is 1. The van der Waals surface area contributed by atoms with Gasteiger partial charge in [-0.05, 0) is 49.5 Å². The van der Waals surface area contributed by atoms with Gasteiger partial charge in [0.25, 0.3) is 0 Å². The molecule has 1 saturated carbocycles. The van der Waals surface area contributed by atoms with E-state index in [1.54, 1.807) is 0 Å². The highest BCUT2D eigenvalue weighted by molar-refractivity contribution is 5.18. The Bertz CT molecular complexity index is 452. The van der Waals surface area contributed by atoms with Crippen molar-refractivity contribution in [3.05, 3.63) is 35.9 Å². The second-order valence-electron chi connectivity index (χ2n) is 6.55. The molecule has 2 heteroatoms. The summed E-state index contributed by atoms with van der Waals surface area (Å²) in [5, 5.41) is 20.2. The highest BCUT2D eigenvalue weighted by Gasteiger charge is 2.42. The quantitative estimate of drug-likeness (QED) is 0.901. The van der Waals surface area contributed by atoms with Crippen molar-refractivity contribution in [2.45, 2.75) is 52.1 Å². The first kappa shape index (κ1) is 15.1. The minimum Gasteiger partial charge on any atom is -0.391 e. The normalized spacial score (nSPS) is 28.1. The molecule has 1 fully saturated rings. The summed E-state index contributed by atoms with van der Waals surface area (Å²) in [6.07, 6.45) is 3.83. The molecule has 1 atom stereocenters. The van der Waals surface area contributed by atoms with Crippen LogP contribution >= 0.6 is 0 Å². The molecule has 20 heavy (non-hydrogen) atoms. The first-order valence-corrected chi connectivity index (χ1v) is 7.70. The van der Waals surface area contributed by atoms with Crippen LogP contribution in [0.1, 0.15) is 45.1 Å². The molecule has 0 bridgehead atoms. The van der Waals surface area contributed by atoms with E-state index in [1.165, 1.54) is 0 Å².